The van der Waals surface area contributed by atoms with Crippen molar-refractivity contribution in [3.05, 3.63) is 59.2 Å². The van der Waals surface area contributed by atoms with Gasteiger partial charge < -0.3 is 5.32 Å². The lowest BCUT2D eigenvalue weighted by Gasteiger charge is -2.22. The molecule has 1 saturated carbocycles. The number of rotatable bonds is 8. The second-order valence-corrected chi connectivity index (χ2v) is 13.3. The maximum Gasteiger partial charge on any atom is 0.240 e. The number of hydrogen-bond donors (Lipinski definition) is 2. The number of amides is 1. The molecule has 0 bridgehead atoms. The normalized spacial score (nSPS) is 15.6. The molecule has 4 aromatic rings. The zero-order valence-corrected chi connectivity index (χ0v) is 24.5. The first kappa shape index (κ1) is 27.6. The molecule has 2 N–H and O–H groups in total. The summed E-state index contributed by atoms with van der Waals surface area (Å²) in [5.41, 5.74) is 5.82. The molecule has 206 valence electrons. The minimum atomic E-state index is -3.59. The monoisotopic (exact) mass is 565 g/mol. The zero-order chi connectivity index (χ0) is 27.7. The van der Waals surface area contributed by atoms with Gasteiger partial charge in [-0.25, -0.2) is 13.1 Å². The highest BCUT2D eigenvalue weighted by Crippen LogP contribution is 2.32. The minimum absolute atomic E-state index is 0.00690. The Bertz CT molecular complexity index is 1620. The number of carbonyl (C=O) groups excluding carboxylic acids is 1. The Morgan fingerprint density at radius 1 is 1.03 bits per heavy atom. The molecule has 1 unspecified atom stereocenters. The fourth-order valence-electron chi connectivity index (χ4n) is 5.39. The third-order valence-corrected chi connectivity index (χ3v) is 10.2. The SMILES string of the molecule is CCC(Sc1nnc2cc(C)c3cc(C)cc(C)c3n12)C(=O)Nc1ccc(S(=O)(=O)NC2CCCCC2)cc1. The summed E-state index contributed by atoms with van der Waals surface area (Å²) in [6, 6.07) is 12.7. The van der Waals surface area contributed by atoms with Gasteiger partial charge in [-0.05, 0) is 87.6 Å². The summed E-state index contributed by atoms with van der Waals surface area (Å²) in [7, 11) is -3.59. The Kier molecular flexibility index (Phi) is 7.98. The van der Waals surface area contributed by atoms with Crippen LogP contribution in [-0.2, 0) is 14.8 Å². The van der Waals surface area contributed by atoms with E-state index < -0.39 is 15.3 Å². The molecule has 5 rings (SSSR count). The van der Waals surface area contributed by atoms with Crippen LogP contribution in [0.4, 0.5) is 5.69 Å². The third kappa shape index (κ3) is 5.83. The van der Waals surface area contributed by atoms with E-state index in [1.54, 1.807) is 24.3 Å². The van der Waals surface area contributed by atoms with Crippen molar-refractivity contribution in [1.82, 2.24) is 19.3 Å². The van der Waals surface area contributed by atoms with Crippen molar-refractivity contribution in [1.29, 1.82) is 0 Å². The molecule has 0 radical (unpaired) electrons. The molecule has 10 heteroatoms. The number of nitrogens with one attached hydrogen (secondary N) is 2. The van der Waals surface area contributed by atoms with Crippen molar-refractivity contribution < 1.29 is 13.2 Å². The molecule has 39 heavy (non-hydrogen) atoms. The van der Waals surface area contributed by atoms with Gasteiger partial charge in [0.25, 0.3) is 0 Å². The molecule has 0 spiro atoms. The van der Waals surface area contributed by atoms with Gasteiger partial charge in [0.2, 0.25) is 15.9 Å². The number of aromatic nitrogens is 3. The number of thioether (sulfide) groups is 1. The van der Waals surface area contributed by atoms with E-state index in [0.29, 0.717) is 17.3 Å². The summed E-state index contributed by atoms with van der Waals surface area (Å²) in [4.78, 5) is 13.5. The van der Waals surface area contributed by atoms with Crippen LogP contribution in [0.1, 0.15) is 62.1 Å². The zero-order valence-electron chi connectivity index (χ0n) is 22.8. The van der Waals surface area contributed by atoms with Crippen molar-refractivity contribution in [2.24, 2.45) is 0 Å². The quantitative estimate of drug-likeness (QED) is 0.257. The molecule has 2 aromatic heterocycles. The van der Waals surface area contributed by atoms with Gasteiger partial charge in [-0.3, -0.25) is 9.20 Å². The Hall–Kier alpha value is -2.95. The summed E-state index contributed by atoms with van der Waals surface area (Å²) >= 11 is 1.38. The molecule has 8 nitrogen and oxygen atoms in total. The number of benzene rings is 2. The van der Waals surface area contributed by atoms with Crippen LogP contribution in [0.2, 0.25) is 0 Å². The largest absolute Gasteiger partial charge is 0.325 e. The van der Waals surface area contributed by atoms with Crippen LogP contribution < -0.4 is 10.0 Å². The molecule has 1 amide bonds. The maximum absolute atomic E-state index is 13.3. The van der Waals surface area contributed by atoms with Crippen molar-refractivity contribution in [3.63, 3.8) is 0 Å². The van der Waals surface area contributed by atoms with E-state index in [0.717, 1.165) is 59.8 Å². The Balaban J connectivity index is 1.33. The number of nitrogens with zero attached hydrogens (tertiary/aromatic N) is 3. The lowest BCUT2D eigenvalue weighted by atomic mass is 9.96. The Morgan fingerprint density at radius 2 is 1.74 bits per heavy atom. The molecular weight excluding hydrogens is 530 g/mol. The first-order chi connectivity index (χ1) is 18.7. The maximum atomic E-state index is 13.3. The molecule has 2 heterocycles. The van der Waals surface area contributed by atoms with Gasteiger partial charge in [-0.1, -0.05) is 49.6 Å². The number of anilines is 1. The predicted molar refractivity (Wildman–Crippen MR) is 157 cm³/mol. The van der Waals surface area contributed by atoms with Gasteiger partial charge >= 0.3 is 0 Å². The average molecular weight is 566 g/mol. The lowest BCUT2D eigenvalue weighted by Crippen LogP contribution is -2.36. The first-order valence-electron chi connectivity index (χ1n) is 13.5. The Labute approximate surface area is 234 Å². The van der Waals surface area contributed by atoms with E-state index in [1.807, 2.05) is 17.4 Å². The van der Waals surface area contributed by atoms with Crippen molar-refractivity contribution in [2.75, 3.05) is 5.32 Å². The van der Waals surface area contributed by atoms with Crippen LogP contribution in [0.3, 0.4) is 0 Å². The molecule has 0 aliphatic heterocycles. The number of pyridine rings is 1. The number of aryl methyl sites for hydroxylation is 3. The van der Waals surface area contributed by atoms with Gasteiger partial charge in [0.15, 0.2) is 10.8 Å². The van der Waals surface area contributed by atoms with E-state index in [1.165, 1.54) is 17.3 Å². The molecule has 2 aromatic carbocycles. The fourth-order valence-corrected chi connectivity index (χ4v) is 7.66. The first-order valence-corrected chi connectivity index (χ1v) is 15.9. The van der Waals surface area contributed by atoms with Gasteiger partial charge in [0.1, 0.15) is 0 Å². The average Bonchev–Trinajstić information content (AvgIpc) is 3.29. The topological polar surface area (TPSA) is 105 Å². The van der Waals surface area contributed by atoms with Crippen molar-refractivity contribution >= 4 is 49.9 Å². The van der Waals surface area contributed by atoms with Crippen LogP contribution in [-0.4, -0.2) is 40.2 Å². The smallest absolute Gasteiger partial charge is 0.240 e. The van der Waals surface area contributed by atoms with E-state index in [-0.39, 0.29) is 16.8 Å². The van der Waals surface area contributed by atoms with Gasteiger partial charge in [-0.15, -0.1) is 10.2 Å². The summed E-state index contributed by atoms with van der Waals surface area (Å²) in [5.74, 6) is -0.167. The van der Waals surface area contributed by atoms with Crippen molar-refractivity contribution in [2.45, 2.75) is 87.6 Å². The summed E-state index contributed by atoms with van der Waals surface area (Å²) < 4.78 is 30.5. The second kappa shape index (κ2) is 11.3. The molecule has 1 fully saturated rings. The van der Waals surface area contributed by atoms with Crippen LogP contribution in [0.5, 0.6) is 0 Å². The summed E-state index contributed by atoms with van der Waals surface area (Å²) in [5, 5.41) is 13.2. The van der Waals surface area contributed by atoms with Crippen LogP contribution >= 0.6 is 11.8 Å². The third-order valence-electron chi connectivity index (χ3n) is 7.37. The molecule has 0 saturated heterocycles. The van der Waals surface area contributed by atoms with E-state index in [2.05, 4.69) is 53.1 Å². The standard InChI is InChI=1S/C29H35N5O3S2/c1-5-25(38-29-32-31-26-17-19(3)24-16-18(2)15-20(4)27(24)34(26)29)28(35)30-21-11-13-23(14-12-21)39(36,37)33-22-9-7-6-8-10-22/h11-17,22,25,33H,5-10H2,1-4H3,(H,30,35). The highest BCUT2D eigenvalue weighted by Gasteiger charge is 2.24. The van der Waals surface area contributed by atoms with Crippen molar-refractivity contribution in [3.8, 4) is 0 Å². The number of hydrogen-bond acceptors (Lipinski definition) is 6. The molecule has 1 aliphatic carbocycles. The number of fused-ring (bicyclic) bond motifs is 3. The van der Waals surface area contributed by atoms with Crippen LogP contribution in [0.15, 0.2) is 52.5 Å². The van der Waals surface area contributed by atoms with Gasteiger partial charge in [0, 0.05) is 17.1 Å². The molecule has 1 aliphatic rings. The van der Waals surface area contributed by atoms with Gasteiger partial charge in [-0.2, -0.15) is 0 Å². The van der Waals surface area contributed by atoms with E-state index in [4.69, 9.17) is 0 Å². The van der Waals surface area contributed by atoms with Crippen LogP contribution in [0, 0.1) is 20.8 Å². The minimum Gasteiger partial charge on any atom is -0.325 e. The highest BCUT2D eigenvalue weighted by atomic mass is 32.2. The van der Waals surface area contributed by atoms with Crippen LogP contribution in [0.25, 0.3) is 16.6 Å². The summed E-state index contributed by atoms with van der Waals surface area (Å²) in [6.45, 7) is 8.21. The second-order valence-electron chi connectivity index (χ2n) is 10.5. The highest BCUT2D eigenvalue weighted by molar-refractivity contribution is 8.00. The lowest BCUT2D eigenvalue weighted by molar-refractivity contribution is -0.115. The predicted octanol–water partition coefficient (Wildman–Crippen LogP) is 5.93. The number of sulfonamides is 1. The Morgan fingerprint density at radius 3 is 2.44 bits per heavy atom. The van der Waals surface area contributed by atoms with E-state index in [9.17, 15) is 13.2 Å². The summed E-state index contributed by atoms with van der Waals surface area (Å²) in [6.07, 6.45) is 5.60. The molecular formula is C29H35N5O3S2. The fraction of sp³-hybridized carbons (Fsp3) is 0.414. The number of carbonyl (C=O) groups is 1. The van der Waals surface area contributed by atoms with Gasteiger partial charge in [0.05, 0.1) is 15.7 Å². The van der Waals surface area contributed by atoms with E-state index >= 15 is 0 Å². The molecule has 1 atom stereocenters.